The fourth-order valence-electron chi connectivity index (χ4n) is 3.70. The SMILES string of the molecule is CNc1cc([C@@H](C)NC(=O)c2ccc(=O)n(-c3cccc(C(=O)OC(C)(C)C)c3)c2)cc(C(C)(C)F)c1. The van der Waals surface area contributed by atoms with Crippen LogP contribution in [0.15, 0.2) is 65.6 Å². The van der Waals surface area contributed by atoms with Gasteiger partial charge in [0.15, 0.2) is 0 Å². The van der Waals surface area contributed by atoms with E-state index >= 15 is 0 Å². The molecule has 37 heavy (non-hydrogen) atoms. The summed E-state index contributed by atoms with van der Waals surface area (Å²) in [6, 6.07) is 14.1. The zero-order chi connectivity index (χ0) is 27.5. The van der Waals surface area contributed by atoms with Gasteiger partial charge >= 0.3 is 5.97 Å². The van der Waals surface area contributed by atoms with Gasteiger partial charge in [0.1, 0.15) is 11.3 Å². The molecule has 0 aliphatic rings. The highest BCUT2D eigenvalue weighted by atomic mass is 19.1. The summed E-state index contributed by atoms with van der Waals surface area (Å²) in [5.74, 6) is -0.912. The van der Waals surface area contributed by atoms with Crippen LogP contribution >= 0.6 is 0 Å². The minimum Gasteiger partial charge on any atom is -0.456 e. The molecule has 1 atom stereocenters. The molecule has 1 amide bonds. The van der Waals surface area contributed by atoms with E-state index in [2.05, 4.69) is 10.6 Å². The molecule has 0 saturated carbocycles. The first kappa shape index (κ1) is 27.6. The fourth-order valence-corrected chi connectivity index (χ4v) is 3.70. The van der Waals surface area contributed by atoms with Crippen LogP contribution in [0, 0.1) is 0 Å². The molecular weight excluding hydrogens is 473 g/mol. The number of rotatable bonds is 7. The van der Waals surface area contributed by atoms with Gasteiger partial charge < -0.3 is 15.4 Å². The molecule has 2 N–H and O–H groups in total. The van der Waals surface area contributed by atoms with Crippen molar-refractivity contribution in [2.75, 3.05) is 12.4 Å². The number of esters is 1. The van der Waals surface area contributed by atoms with E-state index in [-0.39, 0.29) is 11.1 Å². The summed E-state index contributed by atoms with van der Waals surface area (Å²) < 4.78 is 21.4. The maximum absolute atomic E-state index is 14.6. The van der Waals surface area contributed by atoms with Crippen LogP contribution in [0.1, 0.15) is 79.4 Å². The molecule has 3 aromatic rings. The van der Waals surface area contributed by atoms with Crippen LogP contribution in [0.25, 0.3) is 5.69 Å². The van der Waals surface area contributed by atoms with Crippen molar-refractivity contribution in [3.63, 3.8) is 0 Å². The Hall–Kier alpha value is -3.94. The first-order chi connectivity index (χ1) is 17.2. The van der Waals surface area contributed by atoms with Gasteiger partial charge in [0.05, 0.1) is 17.2 Å². The minimum atomic E-state index is -1.55. The minimum absolute atomic E-state index is 0.255. The molecule has 196 valence electrons. The molecule has 0 bridgehead atoms. The number of carbonyl (C=O) groups is 2. The number of ether oxygens (including phenoxy) is 1. The molecule has 3 rings (SSSR count). The Labute approximate surface area is 216 Å². The maximum atomic E-state index is 14.6. The van der Waals surface area contributed by atoms with E-state index < -0.39 is 29.2 Å². The summed E-state index contributed by atoms with van der Waals surface area (Å²) in [7, 11) is 1.75. The number of nitrogens with one attached hydrogen (secondary N) is 2. The van der Waals surface area contributed by atoms with Crippen molar-refractivity contribution in [1.29, 1.82) is 0 Å². The second-order valence-corrected chi connectivity index (χ2v) is 10.4. The molecule has 1 aromatic heterocycles. The van der Waals surface area contributed by atoms with Gasteiger partial charge in [-0.1, -0.05) is 12.1 Å². The number of hydrogen-bond donors (Lipinski definition) is 2. The van der Waals surface area contributed by atoms with Crippen molar-refractivity contribution in [3.05, 3.63) is 93.4 Å². The van der Waals surface area contributed by atoms with Crippen LogP contribution in [-0.4, -0.2) is 29.1 Å². The van der Waals surface area contributed by atoms with Gasteiger partial charge in [0.2, 0.25) is 0 Å². The first-order valence-corrected chi connectivity index (χ1v) is 12.1. The third-order valence-electron chi connectivity index (χ3n) is 5.71. The van der Waals surface area contributed by atoms with Gasteiger partial charge in [-0.05, 0) is 89.1 Å². The Morgan fingerprint density at radius 1 is 0.973 bits per heavy atom. The average molecular weight is 508 g/mol. The summed E-state index contributed by atoms with van der Waals surface area (Å²) >= 11 is 0. The molecule has 8 heteroatoms. The lowest BCUT2D eigenvalue weighted by atomic mass is 9.95. The average Bonchev–Trinajstić information content (AvgIpc) is 2.82. The predicted octanol–water partition coefficient (Wildman–Crippen LogP) is 5.53. The highest BCUT2D eigenvalue weighted by Gasteiger charge is 2.22. The quantitative estimate of drug-likeness (QED) is 0.411. The Balaban J connectivity index is 1.88. The van der Waals surface area contributed by atoms with Crippen LogP contribution in [-0.2, 0) is 10.4 Å². The van der Waals surface area contributed by atoms with Crippen LogP contribution in [0.5, 0.6) is 0 Å². The topological polar surface area (TPSA) is 89.4 Å². The van der Waals surface area contributed by atoms with Crippen molar-refractivity contribution in [3.8, 4) is 5.69 Å². The van der Waals surface area contributed by atoms with E-state index in [0.717, 1.165) is 11.3 Å². The van der Waals surface area contributed by atoms with Gasteiger partial charge in [-0.3, -0.25) is 14.2 Å². The van der Waals surface area contributed by atoms with Crippen LogP contribution < -0.4 is 16.2 Å². The molecule has 0 spiro atoms. The number of carbonyl (C=O) groups excluding carboxylic acids is 2. The highest BCUT2D eigenvalue weighted by Crippen LogP contribution is 2.30. The second-order valence-electron chi connectivity index (χ2n) is 10.4. The van der Waals surface area contributed by atoms with E-state index in [1.807, 2.05) is 13.0 Å². The largest absolute Gasteiger partial charge is 0.456 e. The smallest absolute Gasteiger partial charge is 0.338 e. The number of anilines is 1. The number of aromatic nitrogens is 1. The summed E-state index contributed by atoms with van der Waals surface area (Å²) in [6.45, 7) is 10.1. The Bertz CT molecular complexity index is 1370. The Kier molecular flexibility index (Phi) is 7.91. The molecule has 0 radical (unpaired) electrons. The van der Waals surface area contributed by atoms with Crippen molar-refractivity contribution in [2.24, 2.45) is 0 Å². The van der Waals surface area contributed by atoms with Crippen LogP contribution in [0.3, 0.4) is 0 Å². The van der Waals surface area contributed by atoms with Gasteiger partial charge in [0.25, 0.3) is 11.5 Å². The zero-order valence-corrected chi connectivity index (χ0v) is 22.3. The standard InChI is InChI=1S/C29H34FN3O4/c1-18(21-13-22(29(5,6)30)16-23(14-21)31-7)32-26(35)20-11-12-25(34)33(17-20)24-10-8-9-19(15-24)27(36)37-28(2,3)4/h8-18,31H,1-7H3,(H,32,35)/t18-/m1/s1. The van der Waals surface area contributed by atoms with E-state index in [0.29, 0.717) is 16.8 Å². The number of nitrogens with zero attached hydrogens (tertiary/aromatic N) is 1. The molecule has 0 unspecified atom stereocenters. The van der Waals surface area contributed by atoms with Gasteiger partial charge in [0, 0.05) is 30.7 Å². The third-order valence-corrected chi connectivity index (χ3v) is 5.71. The van der Waals surface area contributed by atoms with Crippen molar-refractivity contribution >= 4 is 17.6 Å². The Morgan fingerprint density at radius 2 is 1.68 bits per heavy atom. The van der Waals surface area contributed by atoms with Gasteiger partial charge in [-0.15, -0.1) is 0 Å². The summed E-state index contributed by atoms with van der Waals surface area (Å²) in [5.41, 5.74) is 0.366. The lowest BCUT2D eigenvalue weighted by Gasteiger charge is -2.21. The van der Waals surface area contributed by atoms with Crippen molar-refractivity contribution in [2.45, 2.75) is 58.9 Å². The third kappa shape index (κ3) is 7.06. The number of alkyl halides is 1. The molecule has 1 heterocycles. The summed E-state index contributed by atoms with van der Waals surface area (Å²) in [4.78, 5) is 38.2. The van der Waals surface area contributed by atoms with E-state index in [9.17, 15) is 18.8 Å². The molecule has 7 nitrogen and oxygen atoms in total. The predicted molar refractivity (Wildman–Crippen MR) is 143 cm³/mol. The molecule has 2 aromatic carbocycles. The molecule has 0 fully saturated rings. The lowest BCUT2D eigenvalue weighted by molar-refractivity contribution is 0.00693. The first-order valence-electron chi connectivity index (χ1n) is 12.1. The molecule has 0 saturated heterocycles. The van der Waals surface area contributed by atoms with Crippen molar-refractivity contribution < 1.29 is 18.7 Å². The van der Waals surface area contributed by atoms with E-state index in [1.165, 1.54) is 36.7 Å². The molecule has 0 aliphatic heterocycles. The number of amides is 1. The molecular formula is C29H34FN3O4. The van der Waals surface area contributed by atoms with Gasteiger partial charge in [-0.25, -0.2) is 9.18 Å². The fraction of sp³-hybridized carbons (Fsp3) is 0.345. The van der Waals surface area contributed by atoms with E-state index in [1.54, 1.807) is 64.2 Å². The van der Waals surface area contributed by atoms with E-state index in [4.69, 9.17) is 4.74 Å². The van der Waals surface area contributed by atoms with Gasteiger partial charge in [-0.2, -0.15) is 0 Å². The van der Waals surface area contributed by atoms with Crippen LogP contribution in [0.2, 0.25) is 0 Å². The zero-order valence-electron chi connectivity index (χ0n) is 22.3. The maximum Gasteiger partial charge on any atom is 0.338 e. The number of pyridine rings is 1. The normalized spacial score (nSPS) is 12.5. The summed E-state index contributed by atoms with van der Waals surface area (Å²) in [5, 5.41) is 5.94. The highest BCUT2D eigenvalue weighted by molar-refractivity contribution is 5.94. The monoisotopic (exact) mass is 507 g/mol. The number of hydrogen-bond acceptors (Lipinski definition) is 5. The second kappa shape index (κ2) is 10.6. The lowest BCUT2D eigenvalue weighted by Crippen LogP contribution is -2.29. The van der Waals surface area contributed by atoms with Crippen molar-refractivity contribution in [1.82, 2.24) is 9.88 Å². The Morgan fingerprint density at radius 3 is 2.30 bits per heavy atom. The number of benzene rings is 2. The number of halogens is 1. The summed E-state index contributed by atoms with van der Waals surface area (Å²) in [6.07, 6.45) is 1.43. The molecule has 0 aliphatic carbocycles. The van der Waals surface area contributed by atoms with Crippen LogP contribution in [0.4, 0.5) is 10.1 Å².